The zero-order valence-corrected chi connectivity index (χ0v) is 12.6. The molecule has 0 aliphatic heterocycles. The number of hydrogen-bond donors (Lipinski definition) is 1. The minimum atomic E-state index is -0.191. The quantitative estimate of drug-likeness (QED) is 0.796. The summed E-state index contributed by atoms with van der Waals surface area (Å²) in [4.78, 5) is 20.6. The van der Waals surface area contributed by atoms with Crippen LogP contribution in [0, 0.1) is 6.92 Å². The Labute approximate surface area is 128 Å². The third-order valence-corrected chi connectivity index (χ3v) is 3.42. The number of carbonyl (C=O) groups is 1. The minimum absolute atomic E-state index is 0.191. The van der Waals surface area contributed by atoms with Crippen LogP contribution in [0.2, 0.25) is 0 Å². The number of aromatic nitrogens is 2. The Morgan fingerprint density at radius 1 is 1.32 bits per heavy atom. The number of carbonyl (C=O) groups excluding carboxylic acids is 1. The fourth-order valence-corrected chi connectivity index (χ4v) is 2.43. The van der Waals surface area contributed by atoms with Gasteiger partial charge >= 0.3 is 0 Å². The van der Waals surface area contributed by atoms with Gasteiger partial charge in [-0.15, -0.1) is 0 Å². The number of aryl methyl sites for hydroxylation is 2. The molecule has 2 heterocycles. The second kappa shape index (κ2) is 5.97. The van der Waals surface area contributed by atoms with Gasteiger partial charge < -0.3 is 9.73 Å². The van der Waals surface area contributed by atoms with E-state index in [1.165, 1.54) is 6.33 Å². The van der Waals surface area contributed by atoms with Crippen LogP contribution in [0.5, 0.6) is 0 Å². The number of hydrogen-bond acceptors (Lipinski definition) is 4. The van der Waals surface area contributed by atoms with Crippen molar-refractivity contribution in [1.82, 2.24) is 9.97 Å². The van der Waals surface area contributed by atoms with Crippen LogP contribution < -0.4 is 5.32 Å². The lowest BCUT2D eigenvalue weighted by Gasteiger charge is -2.08. The minimum Gasteiger partial charge on any atom is -0.461 e. The molecule has 0 atom stereocenters. The Kier molecular flexibility index (Phi) is 3.87. The van der Waals surface area contributed by atoms with Crippen molar-refractivity contribution < 1.29 is 9.21 Å². The molecule has 5 heteroatoms. The summed E-state index contributed by atoms with van der Waals surface area (Å²) in [6.45, 7) is 3.95. The van der Waals surface area contributed by atoms with E-state index in [0.29, 0.717) is 5.56 Å². The van der Waals surface area contributed by atoms with Crippen LogP contribution in [0.3, 0.4) is 0 Å². The van der Waals surface area contributed by atoms with Gasteiger partial charge in [-0.25, -0.2) is 9.97 Å². The van der Waals surface area contributed by atoms with E-state index in [1.807, 2.05) is 31.2 Å². The molecule has 0 aliphatic carbocycles. The highest BCUT2D eigenvalue weighted by atomic mass is 16.3. The van der Waals surface area contributed by atoms with Crippen LogP contribution in [-0.2, 0) is 6.42 Å². The van der Waals surface area contributed by atoms with Crippen LogP contribution in [-0.4, -0.2) is 15.9 Å². The first-order valence-electron chi connectivity index (χ1n) is 7.28. The van der Waals surface area contributed by atoms with Gasteiger partial charge in [0.05, 0.1) is 11.3 Å². The maximum absolute atomic E-state index is 12.4. The summed E-state index contributed by atoms with van der Waals surface area (Å²) in [6, 6.07) is 7.52. The van der Waals surface area contributed by atoms with E-state index < -0.39 is 0 Å². The Bertz CT molecular complexity index is 824. The number of rotatable bonds is 4. The standard InChI is InChI=1S/C17H17N3O2/c1-3-4-15-14(9-18-10-19-15)17(21)20-13-5-6-16-12(8-13)7-11(2)22-16/h5-10H,3-4H2,1-2H3,(H,20,21). The SMILES string of the molecule is CCCc1ncncc1C(=O)Nc1ccc2oc(C)cc2c1. The highest BCUT2D eigenvalue weighted by Gasteiger charge is 2.13. The van der Waals surface area contributed by atoms with E-state index >= 15 is 0 Å². The Balaban J connectivity index is 1.86. The van der Waals surface area contributed by atoms with Crippen LogP contribution >= 0.6 is 0 Å². The van der Waals surface area contributed by atoms with Gasteiger partial charge in [0.25, 0.3) is 5.91 Å². The molecule has 2 aromatic heterocycles. The number of benzene rings is 1. The molecule has 0 aliphatic rings. The first-order valence-corrected chi connectivity index (χ1v) is 7.28. The van der Waals surface area contributed by atoms with Gasteiger partial charge in [0.2, 0.25) is 0 Å². The van der Waals surface area contributed by atoms with Crippen molar-refractivity contribution in [2.45, 2.75) is 26.7 Å². The fraction of sp³-hybridized carbons (Fsp3) is 0.235. The molecular formula is C17H17N3O2. The molecule has 0 bridgehead atoms. The highest BCUT2D eigenvalue weighted by Crippen LogP contribution is 2.23. The molecule has 0 fully saturated rings. The second-order valence-electron chi connectivity index (χ2n) is 5.20. The molecule has 3 aromatic rings. The van der Waals surface area contributed by atoms with Crippen molar-refractivity contribution in [3.8, 4) is 0 Å². The first kappa shape index (κ1) is 14.3. The predicted octanol–water partition coefficient (Wildman–Crippen LogP) is 3.74. The number of amides is 1. The lowest BCUT2D eigenvalue weighted by atomic mass is 10.1. The molecule has 1 aromatic carbocycles. The van der Waals surface area contributed by atoms with Crippen LogP contribution in [0.1, 0.15) is 35.2 Å². The maximum Gasteiger partial charge on any atom is 0.259 e. The number of nitrogens with zero attached hydrogens (tertiary/aromatic N) is 2. The van der Waals surface area contributed by atoms with Gasteiger partial charge in [-0.2, -0.15) is 0 Å². The summed E-state index contributed by atoms with van der Waals surface area (Å²) in [6.07, 6.45) is 4.72. The van der Waals surface area contributed by atoms with E-state index in [4.69, 9.17) is 4.42 Å². The summed E-state index contributed by atoms with van der Waals surface area (Å²) < 4.78 is 5.53. The number of nitrogens with one attached hydrogen (secondary N) is 1. The second-order valence-corrected chi connectivity index (χ2v) is 5.20. The molecule has 1 amide bonds. The van der Waals surface area contributed by atoms with Crippen molar-refractivity contribution >= 4 is 22.6 Å². The van der Waals surface area contributed by atoms with Crippen LogP contribution in [0.15, 0.2) is 41.2 Å². The molecule has 0 spiro atoms. The van der Waals surface area contributed by atoms with E-state index in [1.54, 1.807) is 6.20 Å². The Morgan fingerprint density at radius 3 is 3.00 bits per heavy atom. The average molecular weight is 295 g/mol. The summed E-state index contributed by atoms with van der Waals surface area (Å²) in [7, 11) is 0. The third kappa shape index (κ3) is 2.83. The summed E-state index contributed by atoms with van der Waals surface area (Å²) in [5.74, 6) is 0.656. The monoisotopic (exact) mass is 295 g/mol. The van der Waals surface area contributed by atoms with Gasteiger partial charge in [-0.3, -0.25) is 4.79 Å². The summed E-state index contributed by atoms with van der Waals surface area (Å²) in [5.41, 5.74) is 2.83. The predicted molar refractivity (Wildman–Crippen MR) is 84.9 cm³/mol. The molecule has 112 valence electrons. The molecule has 0 radical (unpaired) electrons. The van der Waals surface area contributed by atoms with Crippen molar-refractivity contribution in [3.05, 3.63) is 53.8 Å². The van der Waals surface area contributed by atoms with Crippen LogP contribution in [0.25, 0.3) is 11.0 Å². The van der Waals surface area contributed by atoms with Crippen molar-refractivity contribution in [3.63, 3.8) is 0 Å². The molecule has 1 N–H and O–H groups in total. The molecule has 3 rings (SSSR count). The van der Waals surface area contributed by atoms with Crippen molar-refractivity contribution in [1.29, 1.82) is 0 Å². The number of anilines is 1. The average Bonchev–Trinajstić information content (AvgIpc) is 2.87. The number of furan rings is 1. The Morgan fingerprint density at radius 2 is 2.18 bits per heavy atom. The third-order valence-electron chi connectivity index (χ3n) is 3.42. The molecule has 5 nitrogen and oxygen atoms in total. The normalized spacial score (nSPS) is 10.8. The van der Waals surface area contributed by atoms with Gasteiger partial charge in [-0.05, 0) is 37.6 Å². The summed E-state index contributed by atoms with van der Waals surface area (Å²) in [5, 5.41) is 3.86. The van der Waals surface area contributed by atoms with E-state index in [0.717, 1.165) is 41.0 Å². The first-order chi connectivity index (χ1) is 10.7. The molecular weight excluding hydrogens is 278 g/mol. The lowest BCUT2D eigenvalue weighted by Crippen LogP contribution is -2.15. The van der Waals surface area contributed by atoms with Gasteiger partial charge in [-0.1, -0.05) is 13.3 Å². The molecule has 0 unspecified atom stereocenters. The van der Waals surface area contributed by atoms with E-state index in [9.17, 15) is 4.79 Å². The Hall–Kier alpha value is -2.69. The molecule has 22 heavy (non-hydrogen) atoms. The maximum atomic E-state index is 12.4. The largest absolute Gasteiger partial charge is 0.461 e. The van der Waals surface area contributed by atoms with Crippen molar-refractivity contribution in [2.24, 2.45) is 0 Å². The summed E-state index contributed by atoms with van der Waals surface area (Å²) >= 11 is 0. The zero-order valence-electron chi connectivity index (χ0n) is 12.6. The number of fused-ring (bicyclic) bond motifs is 1. The van der Waals surface area contributed by atoms with E-state index in [2.05, 4.69) is 22.2 Å². The topological polar surface area (TPSA) is 68.0 Å². The van der Waals surface area contributed by atoms with Gasteiger partial charge in [0, 0.05) is 17.3 Å². The van der Waals surface area contributed by atoms with Gasteiger partial charge in [0.1, 0.15) is 17.7 Å². The fourth-order valence-electron chi connectivity index (χ4n) is 2.43. The zero-order chi connectivity index (χ0) is 15.5. The van der Waals surface area contributed by atoms with E-state index in [-0.39, 0.29) is 5.91 Å². The smallest absolute Gasteiger partial charge is 0.259 e. The molecule has 0 saturated carbocycles. The van der Waals surface area contributed by atoms with Crippen molar-refractivity contribution in [2.75, 3.05) is 5.32 Å². The highest BCUT2D eigenvalue weighted by molar-refractivity contribution is 6.05. The van der Waals surface area contributed by atoms with Gasteiger partial charge in [0.15, 0.2) is 0 Å². The molecule has 0 saturated heterocycles. The lowest BCUT2D eigenvalue weighted by molar-refractivity contribution is 0.102. The van der Waals surface area contributed by atoms with Crippen LogP contribution in [0.4, 0.5) is 5.69 Å².